The average Bonchev–Trinajstić information content (AvgIpc) is 2.82. The first-order valence-electron chi connectivity index (χ1n) is 7.28. The first-order valence-corrected chi connectivity index (χ1v) is 7.28. The van der Waals surface area contributed by atoms with E-state index in [9.17, 15) is 9.59 Å². The zero-order valence-electron chi connectivity index (χ0n) is 12.0. The fourth-order valence-corrected chi connectivity index (χ4v) is 2.43. The van der Waals surface area contributed by atoms with Crippen molar-refractivity contribution in [3.63, 3.8) is 0 Å². The highest BCUT2D eigenvalue weighted by atomic mass is 16.7. The van der Waals surface area contributed by atoms with E-state index in [0.717, 1.165) is 31.4 Å². The third-order valence-electron chi connectivity index (χ3n) is 3.55. The smallest absolute Gasteiger partial charge is 0.325 e. The summed E-state index contributed by atoms with van der Waals surface area (Å²) in [5.74, 6) is -0.315. The molecule has 6 heteroatoms. The summed E-state index contributed by atoms with van der Waals surface area (Å²) in [6, 6.07) is 0. The summed E-state index contributed by atoms with van der Waals surface area (Å²) in [6.07, 6.45) is 5.13. The molecular formula is C14H22N2O4. The Balaban J connectivity index is 1.71. The van der Waals surface area contributed by atoms with Gasteiger partial charge in [-0.05, 0) is 19.8 Å². The second kappa shape index (κ2) is 7.26. The Morgan fingerprint density at radius 3 is 2.95 bits per heavy atom. The van der Waals surface area contributed by atoms with Crippen molar-refractivity contribution in [2.24, 2.45) is 5.16 Å². The number of hydrogen-bond acceptors (Lipinski definition) is 5. The van der Waals surface area contributed by atoms with Crippen LogP contribution in [0.1, 0.15) is 45.4 Å². The predicted molar refractivity (Wildman–Crippen MR) is 73.2 cm³/mol. The number of oxime groups is 1. The maximum Gasteiger partial charge on any atom is 0.325 e. The van der Waals surface area contributed by atoms with Crippen molar-refractivity contribution in [3.05, 3.63) is 0 Å². The lowest BCUT2D eigenvalue weighted by Gasteiger charge is -2.24. The normalized spacial score (nSPS) is 23.6. The van der Waals surface area contributed by atoms with E-state index in [1.54, 1.807) is 4.90 Å². The number of likely N-dealkylation sites (tertiary alicyclic amines) is 1. The second-order valence-electron chi connectivity index (χ2n) is 5.42. The summed E-state index contributed by atoms with van der Waals surface area (Å²) < 4.78 is 5.17. The van der Waals surface area contributed by atoms with Crippen LogP contribution in [0.3, 0.4) is 0 Å². The largest absolute Gasteiger partial charge is 0.460 e. The standard InChI is InChI=1S/C14H22N2O4/c1-11-8-12(20-15-11)10-19-14(18)9-16-7-5-3-2-4-6-13(16)17/h12H,2-10H2,1H3/t12-/m1/s1. The maximum absolute atomic E-state index is 11.9. The Morgan fingerprint density at radius 2 is 2.20 bits per heavy atom. The summed E-state index contributed by atoms with van der Waals surface area (Å²) in [6.45, 7) is 2.77. The summed E-state index contributed by atoms with van der Waals surface area (Å²) in [5.41, 5.74) is 0.907. The minimum Gasteiger partial charge on any atom is -0.460 e. The summed E-state index contributed by atoms with van der Waals surface area (Å²) in [4.78, 5) is 30.4. The van der Waals surface area contributed by atoms with Crippen LogP contribution in [0.25, 0.3) is 0 Å². The van der Waals surface area contributed by atoms with Crippen LogP contribution in [0.2, 0.25) is 0 Å². The molecular weight excluding hydrogens is 260 g/mol. The van der Waals surface area contributed by atoms with E-state index < -0.39 is 0 Å². The molecule has 6 nitrogen and oxygen atoms in total. The Bertz CT molecular complexity index is 395. The molecule has 1 fully saturated rings. The number of nitrogens with zero attached hydrogens (tertiary/aromatic N) is 2. The van der Waals surface area contributed by atoms with Gasteiger partial charge in [0.15, 0.2) is 6.10 Å². The first-order chi connectivity index (χ1) is 9.65. The molecule has 1 saturated heterocycles. The van der Waals surface area contributed by atoms with Crippen molar-refractivity contribution in [1.82, 2.24) is 4.90 Å². The molecule has 0 saturated carbocycles. The Labute approximate surface area is 119 Å². The zero-order chi connectivity index (χ0) is 14.4. The number of esters is 1. The summed E-state index contributed by atoms with van der Waals surface area (Å²) >= 11 is 0. The van der Waals surface area contributed by atoms with Gasteiger partial charge >= 0.3 is 5.97 Å². The summed E-state index contributed by atoms with van der Waals surface area (Å²) in [5, 5.41) is 3.81. The van der Waals surface area contributed by atoms with Gasteiger partial charge in [0.25, 0.3) is 0 Å². The quantitative estimate of drug-likeness (QED) is 0.733. The SMILES string of the molecule is CC1=NO[C@@H](COC(=O)CN2CCCCCCC2=O)C1. The van der Waals surface area contributed by atoms with Crippen LogP contribution in [0.15, 0.2) is 5.16 Å². The molecule has 2 aliphatic rings. The van der Waals surface area contributed by atoms with E-state index in [1.807, 2.05) is 6.92 Å². The molecule has 0 radical (unpaired) electrons. The van der Waals surface area contributed by atoms with E-state index in [0.29, 0.717) is 19.4 Å². The van der Waals surface area contributed by atoms with E-state index in [2.05, 4.69) is 5.16 Å². The van der Waals surface area contributed by atoms with Crippen molar-refractivity contribution >= 4 is 17.6 Å². The van der Waals surface area contributed by atoms with Crippen molar-refractivity contribution < 1.29 is 19.2 Å². The molecule has 20 heavy (non-hydrogen) atoms. The first kappa shape index (κ1) is 14.8. The van der Waals surface area contributed by atoms with Crippen molar-refractivity contribution in [3.8, 4) is 0 Å². The van der Waals surface area contributed by atoms with Gasteiger partial charge in [0.2, 0.25) is 5.91 Å². The highest BCUT2D eigenvalue weighted by Gasteiger charge is 2.22. The Morgan fingerprint density at radius 1 is 1.40 bits per heavy atom. The Hall–Kier alpha value is -1.59. The molecule has 0 aromatic carbocycles. The van der Waals surface area contributed by atoms with Crippen LogP contribution < -0.4 is 0 Å². The minimum absolute atomic E-state index is 0.0470. The van der Waals surface area contributed by atoms with Gasteiger partial charge in [-0.2, -0.15) is 0 Å². The van der Waals surface area contributed by atoms with Gasteiger partial charge in [0, 0.05) is 19.4 Å². The van der Waals surface area contributed by atoms with Crippen molar-refractivity contribution in [1.29, 1.82) is 0 Å². The highest BCUT2D eigenvalue weighted by Crippen LogP contribution is 2.13. The van der Waals surface area contributed by atoms with E-state index in [4.69, 9.17) is 9.57 Å². The van der Waals surface area contributed by atoms with E-state index >= 15 is 0 Å². The van der Waals surface area contributed by atoms with Gasteiger partial charge in [-0.3, -0.25) is 9.59 Å². The molecule has 0 spiro atoms. The number of carbonyl (C=O) groups is 2. The van der Waals surface area contributed by atoms with Crippen LogP contribution in [0.4, 0.5) is 0 Å². The van der Waals surface area contributed by atoms with Crippen LogP contribution in [-0.2, 0) is 19.2 Å². The average molecular weight is 282 g/mol. The third kappa shape index (κ3) is 4.51. The molecule has 0 aromatic heterocycles. The molecule has 0 N–H and O–H groups in total. The molecule has 2 aliphatic heterocycles. The molecule has 112 valence electrons. The van der Waals surface area contributed by atoms with Gasteiger partial charge in [-0.25, -0.2) is 0 Å². The lowest BCUT2D eigenvalue weighted by molar-refractivity contribution is -0.152. The van der Waals surface area contributed by atoms with Gasteiger partial charge < -0.3 is 14.5 Å². The van der Waals surface area contributed by atoms with E-state index in [1.165, 1.54) is 0 Å². The number of rotatable bonds is 4. The lowest BCUT2D eigenvalue weighted by atomic mass is 10.1. The Kier molecular flexibility index (Phi) is 5.38. The molecule has 1 amide bonds. The van der Waals surface area contributed by atoms with Crippen LogP contribution in [-0.4, -0.2) is 48.3 Å². The monoisotopic (exact) mass is 282 g/mol. The number of amides is 1. The van der Waals surface area contributed by atoms with Gasteiger partial charge in [0.05, 0.1) is 5.71 Å². The number of ether oxygens (including phenoxy) is 1. The summed E-state index contributed by atoms with van der Waals surface area (Å²) in [7, 11) is 0. The van der Waals surface area contributed by atoms with Gasteiger partial charge in [-0.15, -0.1) is 0 Å². The van der Waals surface area contributed by atoms with Crippen molar-refractivity contribution in [2.75, 3.05) is 19.7 Å². The zero-order valence-corrected chi connectivity index (χ0v) is 12.0. The molecule has 0 aliphatic carbocycles. The molecule has 2 heterocycles. The fraction of sp³-hybridized carbons (Fsp3) is 0.786. The van der Waals surface area contributed by atoms with Crippen LogP contribution in [0.5, 0.6) is 0 Å². The molecule has 2 rings (SSSR count). The molecule has 0 aromatic rings. The van der Waals surface area contributed by atoms with Crippen LogP contribution in [0, 0.1) is 0 Å². The van der Waals surface area contributed by atoms with Gasteiger partial charge in [-0.1, -0.05) is 18.0 Å². The lowest BCUT2D eigenvalue weighted by Crippen LogP contribution is -2.38. The molecule has 0 bridgehead atoms. The number of carbonyl (C=O) groups excluding carboxylic acids is 2. The second-order valence-corrected chi connectivity index (χ2v) is 5.42. The van der Waals surface area contributed by atoms with Crippen molar-refractivity contribution in [2.45, 2.75) is 51.6 Å². The van der Waals surface area contributed by atoms with Crippen LogP contribution >= 0.6 is 0 Å². The number of hydrogen-bond donors (Lipinski definition) is 0. The van der Waals surface area contributed by atoms with Gasteiger partial charge in [0.1, 0.15) is 13.2 Å². The predicted octanol–water partition coefficient (Wildman–Crippen LogP) is 1.49. The highest BCUT2D eigenvalue weighted by molar-refractivity contribution is 5.83. The minimum atomic E-state index is -0.368. The fourth-order valence-electron chi connectivity index (χ4n) is 2.43. The van der Waals surface area contributed by atoms with E-state index in [-0.39, 0.29) is 31.1 Å². The topological polar surface area (TPSA) is 68.2 Å². The maximum atomic E-state index is 11.9. The third-order valence-corrected chi connectivity index (χ3v) is 3.55. The molecule has 1 atom stereocenters. The molecule has 0 unspecified atom stereocenters.